The highest BCUT2D eigenvalue weighted by molar-refractivity contribution is 9.10. The third-order valence-corrected chi connectivity index (χ3v) is 5.73. The molecule has 3 rings (SSSR count). The molecule has 0 unspecified atom stereocenters. The summed E-state index contributed by atoms with van der Waals surface area (Å²) in [5.41, 5.74) is 3.44. The second-order valence-corrected chi connectivity index (χ2v) is 8.25. The van der Waals surface area contributed by atoms with Gasteiger partial charge in [0, 0.05) is 18.8 Å². The number of benzene rings is 2. The molecule has 1 saturated heterocycles. The molecule has 1 heterocycles. The zero-order chi connectivity index (χ0) is 23.1. The van der Waals surface area contributed by atoms with Gasteiger partial charge in [-0.3, -0.25) is 9.59 Å². The molecule has 1 fully saturated rings. The lowest BCUT2D eigenvalue weighted by atomic mass is 10.1. The Bertz CT molecular complexity index is 1090. The summed E-state index contributed by atoms with van der Waals surface area (Å²) in [5.74, 6) is -0.0795. The molecule has 0 aromatic heterocycles. The predicted molar refractivity (Wildman–Crippen MR) is 125 cm³/mol. The molecule has 0 saturated carbocycles. The van der Waals surface area contributed by atoms with Crippen LogP contribution in [0.4, 0.5) is 5.69 Å². The smallest absolute Gasteiger partial charge is 0.266 e. The first kappa shape index (κ1) is 23.5. The summed E-state index contributed by atoms with van der Waals surface area (Å²) in [6.07, 6.45) is 1.50. The molecular formula is C24H24BrN3O4. The first-order chi connectivity index (χ1) is 15.4. The normalized spacial score (nSPS) is 13.9. The first-order valence-electron chi connectivity index (χ1n) is 10.2. The van der Waals surface area contributed by atoms with Crippen molar-refractivity contribution in [2.24, 2.45) is 0 Å². The third kappa shape index (κ3) is 6.19. The largest absolute Gasteiger partial charge is 0.483 e. The maximum Gasteiger partial charge on any atom is 0.266 e. The van der Waals surface area contributed by atoms with E-state index in [0.29, 0.717) is 47.8 Å². The number of ether oxygens (including phenoxy) is 2. The molecule has 0 radical (unpaired) electrons. The van der Waals surface area contributed by atoms with Crippen molar-refractivity contribution >= 4 is 39.5 Å². The average molecular weight is 498 g/mol. The fraction of sp³-hybridized carbons (Fsp3) is 0.292. The number of rotatable bonds is 6. The molecule has 8 heteroatoms. The van der Waals surface area contributed by atoms with E-state index in [1.165, 1.54) is 6.08 Å². The van der Waals surface area contributed by atoms with Gasteiger partial charge in [0.25, 0.3) is 11.8 Å². The lowest BCUT2D eigenvalue weighted by Crippen LogP contribution is -2.43. The zero-order valence-electron chi connectivity index (χ0n) is 18.0. The maximum atomic E-state index is 12.5. The number of halogens is 1. The number of nitrogens with one attached hydrogen (secondary N) is 1. The van der Waals surface area contributed by atoms with Crippen LogP contribution in [0.2, 0.25) is 0 Å². The molecule has 0 bridgehead atoms. The number of morpholine rings is 1. The van der Waals surface area contributed by atoms with Crippen LogP contribution >= 0.6 is 15.9 Å². The van der Waals surface area contributed by atoms with Crippen LogP contribution < -0.4 is 10.1 Å². The van der Waals surface area contributed by atoms with Crippen molar-refractivity contribution in [2.75, 3.05) is 38.2 Å². The Labute approximate surface area is 195 Å². The molecule has 0 atom stereocenters. The highest BCUT2D eigenvalue weighted by atomic mass is 79.9. The van der Waals surface area contributed by atoms with Crippen LogP contribution in [0.3, 0.4) is 0 Å². The van der Waals surface area contributed by atoms with Gasteiger partial charge in [0.2, 0.25) is 0 Å². The predicted octanol–water partition coefficient (Wildman–Crippen LogP) is 3.85. The Kier molecular flexibility index (Phi) is 8.03. The molecule has 2 aromatic rings. The quantitative estimate of drug-likeness (QED) is 0.483. The SMILES string of the molecule is Cc1ccc(NC(=O)/C(C#N)=C\c2ccc(OCC(=O)N3CCOCC3)c(Br)c2)cc1C. The van der Waals surface area contributed by atoms with Gasteiger partial charge in [-0.25, -0.2) is 0 Å². The van der Waals surface area contributed by atoms with E-state index < -0.39 is 5.91 Å². The molecule has 1 aliphatic heterocycles. The van der Waals surface area contributed by atoms with E-state index in [2.05, 4.69) is 21.2 Å². The summed E-state index contributed by atoms with van der Waals surface area (Å²) in [6.45, 7) is 6.08. The molecule has 2 aromatic carbocycles. The second kappa shape index (κ2) is 10.9. The van der Waals surface area contributed by atoms with Crippen molar-refractivity contribution in [1.29, 1.82) is 5.26 Å². The Morgan fingerprint density at radius 2 is 1.94 bits per heavy atom. The molecule has 0 spiro atoms. The minimum Gasteiger partial charge on any atom is -0.483 e. The lowest BCUT2D eigenvalue weighted by Gasteiger charge is -2.26. The van der Waals surface area contributed by atoms with E-state index in [1.54, 1.807) is 29.2 Å². The van der Waals surface area contributed by atoms with E-state index >= 15 is 0 Å². The van der Waals surface area contributed by atoms with E-state index in [1.807, 2.05) is 32.0 Å². The van der Waals surface area contributed by atoms with E-state index in [4.69, 9.17) is 9.47 Å². The van der Waals surface area contributed by atoms with Crippen LogP contribution in [0.15, 0.2) is 46.4 Å². The first-order valence-corrected chi connectivity index (χ1v) is 10.9. The van der Waals surface area contributed by atoms with E-state index in [-0.39, 0.29) is 18.1 Å². The standard InChI is InChI=1S/C24H24BrN3O4/c1-16-3-5-20(11-17(16)2)27-24(30)19(14-26)12-18-4-6-22(21(25)13-18)32-15-23(29)28-7-9-31-10-8-28/h3-6,11-13H,7-10,15H2,1-2H3,(H,27,30)/b19-12-. The van der Waals surface area contributed by atoms with Gasteiger partial charge in [-0.2, -0.15) is 5.26 Å². The van der Waals surface area contributed by atoms with E-state index in [0.717, 1.165) is 11.1 Å². The molecule has 1 aliphatic rings. The monoisotopic (exact) mass is 497 g/mol. The summed E-state index contributed by atoms with van der Waals surface area (Å²) in [4.78, 5) is 26.5. The highest BCUT2D eigenvalue weighted by Crippen LogP contribution is 2.27. The third-order valence-electron chi connectivity index (χ3n) is 5.11. The number of carbonyl (C=O) groups excluding carboxylic acids is 2. The van der Waals surface area contributed by atoms with Crippen LogP contribution in [-0.2, 0) is 14.3 Å². The summed E-state index contributed by atoms with van der Waals surface area (Å²) >= 11 is 3.43. The number of hydrogen-bond donors (Lipinski definition) is 1. The van der Waals surface area contributed by atoms with Crippen molar-refractivity contribution < 1.29 is 19.1 Å². The number of nitrogens with zero attached hydrogens (tertiary/aromatic N) is 2. The Morgan fingerprint density at radius 1 is 1.19 bits per heavy atom. The van der Waals surface area contributed by atoms with Gasteiger partial charge >= 0.3 is 0 Å². The van der Waals surface area contributed by atoms with Crippen molar-refractivity contribution in [2.45, 2.75) is 13.8 Å². The van der Waals surface area contributed by atoms with Crippen LogP contribution in [0.25, 0.3) is 6.08 Å². The molecule has 2 amide bonds. The van der Waals surface area contributed by atoms with Crippen LogP contribution in [0.1, 0.15) is 16.7 Å². The lowest BCUT2D eigenvalue weighted by molar-refractivity contribution is -0.137. The van der Waals surface area contributed by atoms with Crippen molar-refractivity contribution in [3.05, 3.63) is 63.1 Å². The highest BCUT2D eigenvalue weighted by Gasteiger charge is 2.18. The molecule has 0 aliphatic carbocycles. The summed E-state index contributed by atoms with van der Waals surface area (Å²) in [5, 5.41) is 12.2. The summed E-state index contributed by atoms with van der Waals surface area (Å²) in [7, 11) is 0. The maximum absolute atomic E-state index is 12.5. The van der Waals surface area contributed by atoms with Gasteiger partial charge in [0.1, 0.15) is 17.4 Å². The molecule has 1 N–H and O–H groups in total. The van der Waals surface area contributed by atoms with Crippen molar-refractivity contribution in [3.63, 3.8) is 0 Å². The number of aryl methyl sites for hydroxylation is 2. The second-order valence-electron chi connectivity index (χ2n) is 7.39. The van der Waals surface area contributed by atoms with Gasteiger partial charge in [-0.1, -0.05) is 12.1 Å². The summed E-state index contributed by atoms with van der Waals surface area (Å²) < 4.78 is 11.5. The number of anilines is 1. The Morgan fingerprint density at radius 3 is 2.59 bits per heavy atom. The Balaban J connectivity index is 1.65. The van der Waals surface area contributed by atoms with Crippen molar-refractivity contribution in [3.8, 4) is 11.8 Å². The topological polar surface area (TPSA) is 91.7 Å². The number of amides is 2. The van der Waals surface area contributed by atoms with Crippen LogP contribution in [-0.4, -0.2) is 49.6 Å². The fourth-order valence-electron chi connectivity index (χ4n) is 3.10. The van der Waals surface area contributed by atoms with Gasteiger partial charge in [0.15, 0.2) is 6.61 Å². The minimum atomic E-state index is -0.483. The molecule has 32 heavy (non-hydrogen) atoms. The van der Waals surface area contributed by atoms with Gasteiger partial charge in [-0.05, 0) is 76.8 Å². The zero-order valence-corrected chi connectivity index (χ0v) is 19.6. The summed E-state index contributed by atoms with van der Waals surface area (Å²) in [6, 6.07) is 12.7. The van der Waals surface area contributed by atoms with Crippen LogP contribution in [0, 0.1) is 25.2 Å². The van der Waals surface area contributed by atoms with Gasteiger partial charge < -0.3 is 19.7 Å². The van der Waals surface area contributed by atoms with Crippen molar-refractivity contribution in [1.82, 2.24) is 4.90 Å². The molecule has 7 nitrogen and oxygen atoms in total. The average Bonchev–Trinajstić information content (AvgIpc) is 2.79. The number of nitriles is 1. The number of carbonyl (C=O) groups is 2. The molecular weight excluding hydrogens is 474 g/mol. The number of hydrogen-bond acceptors (Lipinski definition) is 5. The van der Waals surface area contributed by atoms with E-state index in [9.17, 15) is 14.9 Å². The van der Waals surface area contributed by atoms with Crippen LogP contribution in [0.5, 0.6) is 5.75 Å². The minimum absolute atomic E-state index is 0.0220. The Hall–Kier alpha value is -3.15. The van der Waals surface area contributed by atoms with Gasteiger partial charge in [-0.15, -0.1) is 0 Å². The van der Waals surface area contributed by atoms with Gasteiger partial charge in [0.05, 0.1) is 17.7 Å². The fourth-order valence-corrected chi connectivity index (χ4v) is 3.61. The molecule has 166 valence electrons.